The van der Waals surface area contributed by atoms with Gasteiger partial charge >= 0.3 is 0 Å². The van der Waals surface area contributed by atoms with Crippen molar-refractivity contribution in [3.8, 4) is 0 Å². The zero-order valence-electron chi connectivity index (χ0n) is 10.2. The quantitative estimate of drug-likeness (QED) is 0.634. The van der Waals surface area contributed by atoms with Gasteiger partial charge in [-0.1, -0.05) is 50.3 Å². The Morgan fingerprint density at radius 1 is 1.12 bits per heavy atom. The van der Waals surface area contributed by atoms with Gasteiger partial charge in [-0.05, 0) is 47.6 Å². The van der Waals surface area contributed by atoms with Crippen molar-refractivity contribution in [3.05, 3.63) is 47.5 Å². The van der Waals surface area contributed by atoms with Crippen molar-refractivity contribution in [2.75, 3.05) is 0 Å². The third-order valence-electron chi connectivity index (χ3n) is 4.28. The Balaban J connectivity index is 1.89. The minimum atomic E-state index is 0.647. The van der Waals surface area contributed by atoms with Gasteiger partial charge in [-0.2, -0.15) is 0 Å². The first-order chi connectivity index (χ1) is 7.74. The molecule has 3 rings (SSSR count). The summed E-state index contributed by atoms with van der Waals surface area (Å²) in [7, 11) is 0. The molecular formula is C16H20. The second-order valence-electron chi connectivity index (χ2n) is 5.71. The van der Waals surface area contributed by atoms with Crippen LogP contribution in [0.4, 0.5) is 0 Å². The first-order valence-electron chi connectivity index (χ1n) is 6.52. The summed E-state index contributed by atoms with van der Waals surface area (Å²) in [4.78, 5) is 0. The molecular weight excluding hydrogens is 192 g/mol. The molecule has 3 unspecified atom stereocenters. The minimum absolute atomic E-state index is 0.647. The van der Waals surface area contributed by atoms with E-state index in [4.69, 9.17) is 0 Å². The fourth-order valence-corrected chi connectivity index (χ4v) is 3.31. The van der Waals surface area contributed by atoms with Crippen LogP contribution < -0.4 is 0 Å². The standard InChI is InChI=1S/C16H20/c1-11(2)13-4-3-5-14(10-13)16-9-12-6-7-15(16)8-12/h3-7,10-12,15-16H,8-9H2,1-2H3. The fourth-order valence-electron chi connectivity index (χ4n) is 3.31. The second kappa shape index (κ2) is 3.76. The zero-order chi connectivity index (χ0) is 11.1. The number of benzene rings is 1. The van der Waals surface area contributed by atoms with Crippen molar-refractivity contribution in [1.29, 1.82) is 0 Å². The van der Waals surface area contributed by atoms with Crippen molar-refractivity contribution in [1.82, 2.24) is 0 Å². The van der Waals surface area contributed by atoms with Gasteiger partial charge in [-0.25, -0.2) is 0 Å². The number of hydrogen-bond acceptors (Lipinski definition) is 0. The predicted octanol–water partition coefficient (Wildman–Crippen LogP) is 4.49. The van der Waals surface area contributed by atoms with Gasteiger partial charge in [0.1, 0.15) is 0 Å². The summed E-state index contributed by atoms with van der Waals surface area (Å²) in [6.45, 7) is 4.56. The van der Waals surface area contributed by atoms with Crippen LogP contribution in [0.1, 0.15) is 49.7 Å². The summed E-state index contributed by atoms with van der Waals surface area (Å²) in [5, 5.41) is 0. The van der Waals surface area contributed by atoms with Crippen LogP contribution in [0.3, 0.4) is 0 Å². The first kappa shape index (κ1) is 10.1. The molecule has 0 saturated heterocycles. The lowest BCUT2D eigenvalue weighted by atomic mass is 9.85. The molecule has 1 saturated carbocycles. The molecule has 2 bridgehead atoms. The Hall–Kier alpha value is -1.04. The van der Waals surface area contributed by atoms with Gasteiger partial charge in [0.15, 0.2) is 0 Å². The first-order valence-corrected chi connectivity index (χ1v) is 6.52. The van der Waals surface area contributed by atoms with E-state index in [1.165, 1.54) is 18.4 Å². The highest BCUT2D eigenvalue weighted by Crippen LogP contribution is 2.48. The van der Waals surface area contributed by atoms with Gasteiger partial charge in [0.2, 0.25) is 0 Å². The second-order valence-corrected chi connectivity index (χ2v) is 5.71. The van der Waals surface area contributed by atoms with E-state index in [-0.39, 0.29) is 0 Å². The van der Waals surface area contributed by atoms with Crippen LogP contribution in [0.2, 0.25) is 0 Å². The maximum absolute atomic E-state index is 2.45. The Labute approximate surface area is 98.4 Å². The number of fused-ring (bicyclic) bond motifs is 2. The number of allylic oxidation sites excluding steroid dienone is 2. The predicted molar refractivity (Wildman–Crippen MR) is 68.6 cm³/mol. The van der Waals surface area contributed by atoms with Crippen molar-refractivity contribution in [2.45, 2.75) is 38.5 Å². The molecule has 3 atom stereocenters. The molecule has 84 valence electrons. The Morgan fingerprint density at radius 2 is 2.00 bits per heavy atom. The summed E-state index contributed by atoms with van der Waals surface area (Å²) in [5.41, 5.74) is 3.06. The lowest BCUT2D eigenvalue weighted by molar-refractivity contribution is 0.584. The van der Waals surface area contributed by atoms with Crippen LogP contribution in [-0.4, -0.2) is 0 Å². The molecule has 0 aliphatic heterocycles. The van der Waals surface area contributed by atoms with Crippen LogP contribution in [0.5, 0.6) is 0 Å². The number of hydrogen-bond donors (Lipinski definition) is 0. The molecule has 0 heteroatoms. The van der Waals surface area contributed by atoms with Crippen molar-refractivity contribution < 1.29 is 0 Å². The molecule has 0 nitrogen and oxygen atoms in total. The molecule has 0 radical (unpaired) electrons. The van der Waals surface area contributed by atoms with Gasteiger partial charge in [-0.15, -0.1) is 0 Å². The molecule has 2 aliphatic carbocycles. The average molecular weight is 212 g/mol. The SMILES string of the molecule is CC(C)c1cccc(C2CC3C=CC2C3)c1. The van der Waals surface area contributed by atoms with E-state index < -0.39 is 0 Å². The van der Waals surface area contributed by atoms with Gasteiger partial charge < -0.3 is 0 Å². The minimum Gasteiger partial charge on any atom is -0.0851 e. The highest BCUT2D eigenvalue weighted by Gasteiger charge is 2.36. The lowest BCUT2D eigenvalue weighted by Crippen LogP contribution is -2.05. The van der Waals surface area contributed by atoms with Crippen LogP contribution in [-0.2, 0) is 0 Å². The van der Waals surface area contributed by atoms with Gasteiger partial charge in [0.25, 0.3) is 0 Å². The smallest absolute Gasteiger partial charge is 0.00931 e. The molecule has 16 heavy (non-hydrogen) atoms. The maximum atomic E-state index is 2.45. The number of rotatable bonds is 2. The maximum Gasteiger partial charge on any atom is -0.00931 e. The van der Waals surface area contributed by atoms with E-state index in [1.807, 2.05) is 0 Å². The molecule has 2 aliphatic rings. The van der Waals surface area contributed by atoms with E-state index in [9.17, 15) is 0 Å². The van der Waals surface area contributed by atoms with Gasteiger partial charge in [-0.3, -0.25) is 0 Å². The summed E-state index contributed by atoms with van der Waals surface area (Å²) in [6.07, 6.45) is 7.65. The Kier molecular flexibility index (Phi) is 2.38. The third kappa shape index (κ3) is 1.61. The molecule has 0 aromatic heterocycles. The van der Waals surface area contributed by atoms with E-state index >= 15 is 0 Å². The average Bonchev–Trinajstić information content (AvgIpc) is 2.91. The molecule has 1 aromatic rings. The topological polar surface area (TPSA) is 0 Å². The molecule has 1 aromatic carbocycles. The van der Waals surface area contributed by atoms with E-state index in [2.05, 4.69) is 50.3 Å². The molecule has 1 fully saturated rings. The van der Waals surface area contributed by atoms with Gasteiger partial charge in [0, 0.05) is 0 Å². The largest absolute Gasteiger partial charge is 0.0851 e. The van der Waals surface area contributed by atoms with Crippen molar-refractivity contribution in [2.24, 2.45) is 11.8 Å². The molecule has 0 spiro atoms. The summed E-state index contributed by atoms with van der Waals surface area (Å²) >= 11 is 0. The fraction of sp³-hybridized carbons (Fsp3) is 0.500. The summed E-state index contributed by atoms with van der Waals surface area (Å²) < 4.78 is 0. The highest BCUT2D eigenvalue weighted by atomic mass is 14.4. The molecule has 0 heterocycles. The summed E-state index contributed by atoms with van der Waals surface area (Å²) in [5.74, 6) is 3.15. The van der Waals surface area contributed by atoms with Crippen LogP contribution >= 0.6 is 0 Å². The van der Waals surface area contributed by atoms with E-state index in [0.29, 0.717) is 5.92 Å². The highest BCUT2D eigenvalue weighted by molar-refractivity contribution is 5.32. The van der Waals surface area contributed by atoms with Crippen LogP contribution in [0, 0.1) is 11.8 Å². The summed E-state index contributed by atoms with van der Waals surface area (Å²) in [6, 6.07) is 9.26. The monoisotopic (exact) mass is 212 g/mol. The lowest BCUT2D eigenvalue weighted by Gasteiger charge is -2.19. The molecule has 0 N–H and O–H groups in total. The van der Waals surface area contributed by atoms with Gasteiger partial charge in [0.05, 0.1) is 0 Å². The Bertz CT molecular complexity index is 414. The van der Waals surface area contributed by atoms with Crippen molar-refractivity contribution >= 4 is 0 Å². The van der Waals surface area contributed by atoms with Crippen LogP contribution in [0.15, 0.2) is 36.4 Å². The third-order valence-corrected chi connectivity index (χ3v) is 4.28. The zero-order valence-corrected chi connectivity index (χ0v) is 10.2. The van der Waals surface area contributed by atoms with E-state index in [0.717, 1.165) is 17.8 Å². The van der Waals surface area contributed by atoms with Crippen LogP contribution in [0.25, 0.3) is 0 Å². The molecule has 0 amide bonds. The van der Waals surface area contributed by atoms with E-state index in [1.54, 1.807) is 5.56 Å². The normalized spacial score (nSPS) is 31.6. The van der Waals surface area contributed by atoms with Crippen molar-refractivity contribution in [3.63, 3.8) is 0 Å². The Morgan fingerprint density at radius 3 is 2.62 bits per heavy atom.